The van der Waals surface area contributed by atoms with E-state index in [0.717, 1.165) is 32.4 Å². The molecule has 2 fully saturated rings. The first-order valence-electron chi connectivity index (χ1n) is 11.0. The Morgan fingerprint density at radius 3 is 2.81 bits per heavy atom. The summed E-state index contributed by atoms with van der Waals surface area (Å²) in [6.45, 7) is 5.02. The highest BCUT2D eigenvalue weighted by atomic mass is 16.7. The number of benzene rings is 1. The van der Waals surface area contributed by atoms with E-state index in [0.29, 0.717) is 62.3 Å². The van der Waals surface area contributed by atoms with Crippen molar-refractivity contribution in [2.75, 3.05) is 59.7 Å². The predicted octanol–water partition coefficient (Wildman–Crippen LogP) is 1.03. The van der Waals surface area contributed by atoms with E-state index in [1.807, 2.05) is 0 Å². The van der Waals surface area contributed by atoms with Crippen molar-refractivity contribution in [2.45, 2.75) is 31.7 Å². The first kappa shape index (κ1) is 22.1. The molecule has 1 amide bonds. The van der Waals surface area contributed by atoms with Crippen LogP contribution >= 0.6 is 0 Å². The molecule has 0 spiro atoms. The highest BCUT2D eigenvalue weighted by Gasteiger charge is 2.29. The SMILES string of the molecule is COc1cc2c(c(C(=O)NC[C@@H]3CCN(CCC4OCCO4)CC3O)c1)OCCCO2. The van der Waals surface area contributed by atoms with Gasteiger partial charge in [0.1, 0.15) is 5.75 Å². The molecule has 2 atom stereocenters. The molecule has 3 heterocycles. The Morgan fingerprint density at radius 2 is 2.03 bits per heavy atom. The molecule has 1 aromatic rings. The number of ether oxygens (including phenoxy) is 5. The number of carbonyl (C=O) groups is 1. The molecule has 0 bridgehead atoms. The number of β-amino-alcohol motifs (C(OH)–C–C–N with tert-alkyl or cyclic N) is 1. The number of carbonyl (C=O) groups excluding carboxylic acids is 1. The molecule has 9 nitrogen and oxygen atoms in total. The van der Waals surface area contributed by atoms with Gasteiger partial charge in [0.2, 0.25) is 0 Å². The van der Waals surface area contributed by atoms with Gasteiger partial charge in [-0.05, 0) is 19.0 Å². The van der Waals surface area contributed by atoms with Gasteiger partial charge in [-0.15, -0.1) is 0 Å². The van der Waals surface area contributed by atoms with Crippen LogP contribution in [-0.2, 0) is 9.47 Å². The Labute approximate surface area is 182 Å². The maximum atomic E-state index is 12.9. The summed E-state index contributed by atoms with van der Waals surface area (Å²) >= 11 is 0. The van der Waals surface area contributed by atoms with Crippen LogP contribution in [-0.4, -0.2) is 88.0 Å². The number of fused-ring (bicyclic) bond motifs is 1. The highest BCUT2D eigenvalue weighted by Crippen LogP contribution is 2.37. The van der Waals surface area contributed by atoms with Gasteiger partial charge in [-0.3, -0.25) is 4.79 Å². The van der Waals surface area contributed by atoms with Crippen LogP contribution in [0.4, 0.5) is 0 Å². The third-order valence-electron chi connectivity index (χ3n) is 6.00. The molecule has 1 aromatic carbocycles. The van der Waals surface area contributed by atoms with Gasteiger partial charge in [-0.25, -0.2) is 0 Å². The first-order valence-corrected chi connectivity index (χ1v) is 11.0. The van der Waals surface area contributed by atoms with Crippen molar-refractivity contribution in [3.63, 3.8) is 0 Å². The van der Waals surface area contributed by atoms with Gasteiger partial charge in [-0.2, -0.15) is 0 Å². The lowest BCUT2D eigenvalue weighted by atomic mass is 9.93. The number of hydrogen-bond donors (Lipinski definition) is 2. The lowest BCUT2D eigenvalue weighted by Gasteiger charge is -2.36. The number of nitrogens with zero attached hydrogens (tertiary/aromatic N) is 1. The molecule has 2 N–H and O–H groups in total. The maximum absolute atomic E-state index is 12.9. The summed E-state index contributed by atoms with van der Waals surface area (Å²) in [4.78, 5) is 15.2. The Bertz CT molecular complexity index is 754. The smallest absolute Gasteiger partial charge is 0.255 e. The summed E-state index contributed by atoms with van der Waals surface area (Å²) in [5, 5.41) is 13.6. The van der Waals surface area contributed by atoms with Crippen LogP contribution in [0.15, 0.2) is 12.1 Å². The average Bonchev–Trinajstić information content (AvgIpc) is 3.19. The molecule has 3 aliphatic heterocycles. The van der Waals surface area contributed by atoms with Crippen LogP contribution in [0.25, 0.3) is 0 Å². The van der Waals surface area contributed by atoms with Crippen molar-refractivity contribution in [3.05, 3.63) is 17.7 Å². The second-order valence-electron chi connectivity index (χ2n) is 8.14. The summed E-state index contributed by atoms with van der Waals surface area (Å²) in [5.74, 6) is 1.25. The van der Waals surface area contributed by atoms with Crippen LogP contribution < -0.4 is 19.5 Å². The first-order chi connectivity index (χ1) is 15.1. The van der Waals surface area contributed by atoms with Gasteiger partial charge < -0.3 is 39.0 Å². The van der Waals surface area contributed by atoms with Gasteiger partial charge in [0.05, 0.1) is 45.2 Å². The number of piperidine rings is 1. The largest absolute Gasteiger partial charge is 0.497 e. The van der Waals surface area contributed by atoms with Gasteiger partial charge in [0.25, 0.3) is 5.91 Å². The Hall–Kier alpha value is -2.07. The van der Waals surface area contributed by atoms with Gasteiger partial charge in [0.15, 0.2) is 17.8 Å². The van der Waals surface area contributed by atoms with E-state index in [4.69, 9.17) is 23.7 Å². The molecule has 1 unspecified atom stereocenters. The number of amides is 1. The van der Waals surface area contributed by atoms with Crippen LogP contribution in [0, 0.1) is 5.92 Å². The molecule has 2 saturated heterocycles. The summed E-state index contributed by atoms with van der Waals surface area (Å²) in [7, 11) is 1.55. The molecule has 9 heteroatoms. The molecular formula is C22H32N2O7. The van der Waals surface area contributed by atoms with Crippen molar-refractivity contribution in [3.8, 4) is 17.2 Å². The molecule has 0 aromatic heterocycles. The number of likely N-dealkylation sites (tertiary alicyclic amines) is 1. The third-order valence-corrected chi connectivity index (χ3v) is 6.00. The molecule has 3 aliphatic rings. The zero-order valence-electron chi connectivity index (χ0n) is 18.0. The molecule has 172 valence electrons. The fourth-order valence-electron chi connectivity index (χ4n) is 4.20. The van der Waals surface area contributed by atoms with Crippen molar-refractivity contribution in [1.82, 2.24) is 10.2 Å². The standard InChI is InChI=1S/C22H32N2O7/c1-27-16-11-17(21-19(12-16)28-7-2-8-31-21)22(26)23-13-15-3-5-24(14-18(15)25)6-4-20-29-9-10-30-20/h11-12,15,18,20,25H,2-10,13-14H2,1H3,(H,23,26)/t15-,18?/m0/s1. The molecule has 31 heavy (non-hydrogen) atoms. The zero-order chi connectivity index (χ0) is 21.6. The number of nitrogens with one attached hydrogen (secondary N) is 1. The summed E-state index contributed by atoms with van der Waals surface area (Å²) in [5.41, 5.74) is 0.389. The Kier molecular flexibility index (Phi) is 7.49. The van der Waals surface area contributed by atoms with Crippen LogP contribution in [0.1, 0.15) is 29.6 Å². The van der Waals surface area contributed by atoms with E-state index in [1.54, 1.807) is 19.2 Å². The Balaban J connectivity index is 1.31. The van der Waals surface area contributed by atoms with E-state index in [2.05, 4.69) is 10.2 Å². The lowest BCUT2D eigenvalue weighted by molar-refractivity contribution is -0.0576. The van der Waals surface area contributed by atoms with Crippen LogP contribution in [0.2, 0.25) is 0 Å². The van der Waals surface area contributed by atoms with Gasteiger partial charge in [0, 0.05) is 44.5 Å². The second-order valence-corrected chi connectivity index (χ2v) is 8.14. The number of aliphatic hydroxyl groups is 1. The van der Waals surface area contributed by atoms with Gasteiger partial charge >= 0.3 is 0 Å². The van der Waals surface area contributed by atoms with E-state index >= 15 is 0 Å². The van der Waals surface area contributed by atoms with E-state index < -0.39 is 6.10 Å². The van der Waals surface area contributed by atoms with Crippen molar-refractivity contribution in [2.24, 2.45) is 5.92 Å². The quantitative estimate of drug-likeness (QED) is 0.654. The summed E-state index contributed by atoms with van der Waals surface area (Å²) < 4.78 is 27.8. The monoisotopic (exact) mass is 436 g/mol. The number of rotatable bonds is 7. The third kappa shape index (κ3) is 5.60. The maximum Gasteiger partial charge on any atom is 0.255 e. The molecular weight excluding hydrogens is 404 g/mol. The second kappa shape index (κ2) is 10.5. The van der Waals surface area contributed by atoms with Crippen molar-refractivity contribution >= 4 is 5.91 Å². The highest BCUT2D eigenvalue weighted by molar-refractivity contribution is 5.98. The molecule has 0 aliphatic carbocycles. The number of hydrogen-bond acceptors (Lipinski definition) is 8. The minimum atomic E-state index is -0.499. The van der Waals surface area contributed by atoms with Crippen molar-refractivity contribution in [1.29, 1.82) is 0 Å². The summed E-state index contributed by atoms with van der Waals surface area (Å²) in [6, 6.07) is 3.40. The Morgan fingerprint density at radius 1 is 1.23 bits per heavy atom. The predicted molar refractivity (Wildman–Crippen MR) is 112 cm³/mol. The normalized spacial score (nSPS) is 24.6. The summed E-state index contributed by atoms with van der Waals surface area (Å²) in [6.07, 6.45) is 1.74. The number of methoxy groups -OCH3 is 1. The fourth-order valence-corrected chi connectivity index (χ4v) is 4.20. The van der Waals surface area contributed by atoms with Crippen LogP contribution in [0.3, 0.4) is 0 Å². The van der Waals surface area contributed by atoms with Crippen molar-refractivity contribution < 1.29 is 33.6 Å². The van der Waals surface area contributed by atoms with Gasteiger partial charge in [-0.1, -0.05) is 0 Å². The van der Waals surface area contributed by atoms with E-state index in [1.165, 1.54) is 0 Å². The fraction of sp³-hybridized carbons (Fsp3) is 0.682. The minimum Gasteiger partial charge on any atom is -0.497 e. The lowest BCUT2D eigenvalue weighted by Crippen LogP contribution is -2.48. The zero-order valence-corrected chi connectivity index (χ0v) is 18.0. The average molecular weight is 437 g/mol. The van der Waals surface area contributed by atoms with Crippen LogP contribution in [0.5, 0.6) is 17.2 Å². The van der Waals surface area contributed by atoms with E-state index in [9.17, 15) is 9.90 Å². The number of aliphatic hydroxyl groups excluding tert-OH is 1. The van der Waals surface area contributed by atoms with E-state index in [-0.39, 0.29) is 18.1 Å². The molecule has 0 radical (unpaired) electrons. The molecule has 4 rings (SSSR count). The minimum absolute atomic E-state index is 0.000519. The topological polar surface area (TPSA) is 98.7 Å². The molecule has 0 saturated carbocycles.